The van der Waals surface area contributed by atoms with Gasteiger partial charge >= 0.3 is 0 Å². The number of hydrogen-bond acceptors (Lipinski definition) is 5. The third-order valence-electron chi connectivity index (χ3n) is 3.50. The predicted molar refractivity (Wildman–Crippen MR) is 101 cm³/mol. The van der Waals surface area contributed by atoms with Crippen LogP contribution in [-0.4, -0.2) is 38.6 Å². The molecule has 2 aromatic carbocycles. The lowest BCUT2D eigenvalue weighted by atomic mass is 10.2. The Balaban J connectivity index is 1.92. The van der Waals surface area contributed by atoms with Crippen LogP contribution in [-0.2, 0) is 17.9 Å². The van der Waals surface area contributed by atoms with Gasteiger partial charge in [-0.2, -0.15) is 0 Å². The van der Waals surface area contributed by atoms with E-state index in [1.165, 1.54) is 0 Å². The molecule has 0 spiro atoms. The third kappa shape index (κ3) is 6.66. The van der Waals surface area contributed by atoms with Crippen LogP contribution >= 0.6 is 15.9 Å². The van der Waals surface area contributed by atoms with Gasteiger partial charge in [0.05, 0.1) is 31.4 Å². The van der Waals surface area contributed by atoms with Crippen molar-refractivity contribution in [2.45, 2.75) is 13.2 Å². The minimum absolute atomic E-state index is 0.0502. The summed E-state index contributed by atoms with van der Waals surface area (Å²) in [6.07, 6.45) is 0. The fourth-order valence-corrected chi connectivity index (χ4v) is 2.89. The maximum absolute atomic E-state index is 8.66. The van der Waals surface area contributed by atoms with Gasteiger partial charge in [0.25, 0.3) is 0 Å². The van der Waals surface area contributed by atoms with E-state index in [9.17, 15) is 0 Å². The summed E-state index contributed by atoms with van der Waals surface area (Å²) in [5.74, 6) is 1.39. The number of aliphatic hydroxyl groups is 1. The third-order valence-corrected chi connectivity index (χ3v) is 4.09. The van der Waals surface area contributed by atoms with Crippen LogP contribution in [0.3, 0.4) is 0 Å². The summed E-state index contributed by atoms with van der Waals surface area (Å²) in [7, 11) is 1.64. The first-order valence-electron chi connectivity index (χ1n) is 8.17. The standard InChI is InChI=1S/C19H24BrNO4/c1-23-18-12-16(13-21-7-9-24-10-8-22)11-17(20)19(18)25-14-15-5-3-2-4-6-15/h2-6,11-12,21-22H,7-10,13-14H2,1H3. The van der Waals surface area contributed by atoms with Crippen LogP contribution in [0.15, 0.2) is 46.9 Å². The van der Waals surface area contributed by atoms with Gasteiger partial charge in [0.15, 0.2) is 11.5 Å². The van der Waals surface area contributed by atoms with E-state index in [0.717, 1.165) is 15.6 Å². The van der Waals surface area contributed by atoms with Gasteiger partial charge in [-0.25, -0.2) is 0 Å². The monoisotopic (exact) mass is 409 g/mol. The average molecular weight is 410 g/mol. The molecule has 0 aliphatic carbocycles. The molecule has 0 aliphatic heterocycles. The van der Waals surface area contributed by atoms with Crippen molar-refractivity contribution in [3.05, 3.63) is 58.1 Å². The van der Waals surface area contributed by atoms with Crippen molar-refractivity contribution in [1.29, 1.82) is 0 Å². The van der Waals surface area contributed by atoms with Crippen LogP contribution < -0.4 is 14.8 Å². The summed E-state index contributed by atoms with van der Waals surface area (Å²) in [6, 6.07) is 14.0. The first kappa shape index (κ1) is 19.7. The van der Waals surface area contributed by atoms with Gasteiger partial charge in [-0.15, -0.1) is 0 Å². The van der Waals surface area contributed by atoms with Crippen LogP contribution in [0, 0.1) is 0 Å². The van der Waals surface area contributed by atoms with Crippen molar-refractivity contribution >= 4 is 15.9 Å². The van der Waals surface area contributed by atoms with Gasteiger partial charge in [-0.3, -0.25) is 0 Å². The van der Waals surface area contributed by atoms with Crippen LogP contribution in [0.4, 0.5) is 0 Å². The van der Waals surface area contributed by atoms with Crippen LogP contribution in [0.2, 0.25) is 0 Å². The smallest absolute Gasteiger partial charge is 0.175 e. The fourth-order valence-electron chi connectivity index (χ4n) is 2.29. The van der Waals surface area contributed by atoms with Gasteiger partial charge in [0, 0.05) is 13.1 Å². The highest BCUT2D eigenvalue weighted by molar-refractivity contribution is 9.10. The van der Waals surface area contributed by atoms with Crippen molar-refractivity contribution in [1.82, 2.24) is 5.32 Å². The molecule has 6 heteroatoms. The summed E-state index contributed by atoms with van der Waals surface area (Å²) in [6.45, 7) is 2.87. The number of hydrogen-bond donors (Lipinski definition) is 2. The second-order valence-corrected chi connectivity index (χ2v) is 6.25. The van der Waals surface area contributed by atoms with Crippen molar-refractivity contribution in [2.24, 2.45) is 0 Å². The Bertz CT molecular complexity index is 637. The largest absolute Gasteiger partial charge is 0.493 e. The Hall–Kier alpha value is -1.60. The van der Waals surface area contributed by atoms with Gasteiger partial charge in [-0.05, 0) is 39.2 Å². The fraction of sp³-hybridized carbons (Fsp3) is 0.368. The summed E-state index contributed by atoms with van der Waals surface area (Å²) in [5, 5.41) is 11.9. The number of ether oxygens (including phenoxy) is 3. The number of rotatable bonds is 11. The normalized spacial score (nSPS) is 10.7. The SMILES string of the molecule is COc1cc(CNCCOCCO)cc(Br)c1OCc1ccccc1. The molecule has 5 nitrogen and oxygen atoms in total. The van der Waals surface area contributed by atoms with Crippen LogP contribution in [0.5, 0.6) is 11.5 Å². The molecular weight excluding hydrogens is 386 g/mol. The Morgan fingerprint density at radius 3 is 2.60 bits per heavy atom. The Morgan fingerprint density at radius 1 is 1.08 bits per heavy atom. The summed E-state index contributed by atoms with van der Waals surface area (Å²) in [5.41, 5.74) is 2.18. The number of nitrogens with one attached hydrogen (secondary N) is 1. The van der Waals surface area contributed by atoms with Gasteiger partial charge < -0.3 is 24.6 Å². The number of benzene rings is 2. The van der Waals surface area contributed by atoms with E-state index in [4.69, 9.17) is 19.3 Å². The molecule has 0 radical (unpaired) electrons. The first-order valence-corrected chi connectivity index (χ1v) is 8.96. The molecule has 2 N–H and O–H groups in total. The zero-order valence-electron chi connectivity index (χ0n) is 14.3. The quantitative estimate of drug-likeness (QED) is 0.558. The lowest BCUT2D eigenvalue weighted by Crippen LogP contribution is -2.20. The van der Waals surface area contributed by atoms with Crippen LogP contribution in [0.25, 0.3) is 0 Å². The molecule has 25 heavy (non-hydrogen) atoms. The van der Waals surface area contributed by atoms with Gasteiger partial charge in [-0.1, -0.05) is 30.3 Å². The molecule has 0 aliphatic rings. The number of aliphatic hydroxyl groups excluding tert-OH is 1. The maximum atomic E-state index is 8.66. The topological polar surface area (TPSA) is 60.0 Å². The molecule has 2 rings (SSSR count). The minimum Gasteiger partial charge on any atom is -0.493 e. The minimum atomic E-state index is 0.0502. The molecule has 2 aromatic rings. The first-order chi connectivity index (χ1) is 12.2. The summed E-state index contributed by atoms with van der Waals surface area (Å²) < 4.78 is 17.5. The molecule has 0 fully saturated rings. The molecule has 0 saturated heterocycles. The Morgan fingerprint density at radius 2 is 1.88 bits per heavy atom. The van der Waals surface area contributed by atoms with E-state index in [1.807, 2.05) is 42.5 Å². The van der Waals surface area contributed by atoms with Crippen LogP contribution in [0.1, 0.15) is 11.1 Å². The summed E-state index contributed by atoms with van der Waals surface area (Å²) >= 11 is 3.57. The molecule has 0 bridgehead atoms. The molecular formula is C19H24BrNO4. The van der Waals surface area contributed by atoms with Crippen molar-refractivity contribution in [2.75, 3.05) is 33.5 Å². The van der Waals surface area contributed by atoms with Crippen molar-refractivity contribution in [3.63, 3.8) is 0 Å². The highest BCUT2D eigenvalue weighted by Crippen LogP contribution is 2.37. The maximum Gasteiger partial charge on any atom is 0.175 e. The summed E-state index contributed by atoms with van der Waals surface area (Å²) in [4.78, 5) is 0. The molecule has 0 amide bonds. The van der Waals surface area contributed by atoms with E-state index in [1.54, 1.807) is 7.11 Å². The highest BCUT2D eigenvalue weighted by atomic mass is 79.9. The second kappa shape index (κ2) is 11.1. The van der Waals surface area contributed by atoms with Gasteiger partial charge in [0.1, 0.15) is 6.61 Å². The molecule has 0 saturated carbocycles. The lowest BCUT2D eigenvalue weighted by molar-refractivity contribution is 0.0938. The van der Waals surface area contributed by atoms with E-state index in [2.05, 4.69) is 21.2 Å². The predicted octanol–water partition coefficient (Wildman–Crippen LogP) is 3.14. The second-order valence-electron chi connectivity index (χ2n) is 5.40. The number of methoxy groups -OCH3 is 1. The van der Waals surface area contributed by atoms with Crippen molar-refractivity contribution in [3.8, 4) is 11.5 Å². The zero-order chi connectivity index (χ0) is 17.9. The highest BCUT2D eigenvalue weighted by Gasteiger charge is 2.12. The van der Waals surface area contributed by atoms with Gasteiger partial charge in [0.2, 0.25) is 0 Å². The van der Waals surface area contributed by atoms with E-state index in [0.29, 0.717) is 44.4 Å². The number of halogens is 1. The molecule has 0 heterocycles. The van der Waals surface area contributed by atoms with E-state index < -0.39 is 0 Å². The Labute approximate surface area is 157 Å². The zero-order valence-corrected chi connectivity index (χ0v) is 15.9. The van der Waals surface area contributed by atoms with E-state index >= 15 is 0 Å². The molecule has 0 atom stereocenters. The van der Waals surface area contributed by atoms with Crippen molar-refractivity contribution < 1.29 is 19.3 Å². The molecule has 136 valence electrons. The van der Waals surface area contributed by atoms with E-state index in [-0.39, 0.29) is 6.61 Å². The average Bonchev–Trinajstić information content (AvgIpc) is 2.64. The lowest BCUT2D eigenvalue weighted by Gasteiger charge is -2.15. The molecule has 0 aromatic heterocycles. The Kier molecular flexibility index (Phi) is 8.76. The molecule has 0 unspecified atom stereocenters.